The molecule has 0 saturated carbocycles. The van der Waals surface area contributed by atoms with Crippen molar-refractivity contribution in [1.29, 1.82) is 0 Å². The number of rotatable bonds is 3. The number of nitrogens with zero attached hydrogens (tertiary/aromatic N) is 2. The molecule has 2 N–H and O–H groups in total. The average Bonchev–Trinajstić information content (AvgIpc) is 2.95. The van der Waals surface area contributed by atoms with Crippen molar-refractivity contribution < 1.29 is 4.79 Å². The maximum absolute atomic E-state index is 12.3. The van der Waals surface area contributed by atoms with Crippen molar-refractivity contribution in [2.45, 2.75) is 38.9 Å². The topological polar surface area (TPSA) is 59.0 Å². The normalized spacial score (nSPS) is 17.6. The fourth-order valence-electron chi connectivity index (χ4n) is 2.55. The number of aromatic nitrogens is 2. The van der Waals surface area contributed by atoms with E-state index in [1.54, 1.807) is 6.20 Å². The standard InChI is InChI=1S/C16H20N4O/c1-11(2)20-10-14(9-18-20)19-16(21)15-7-12-5-3-4-6-13(12)8-17-15/h3-6,9-11,15,17H,7-8H2,1-2H3,(H,19,21)/t15-/m0/s1. The van der Waals surface area contributed by atoms with Gasteiger partial charge in [-0.3, -0.25) is 9.48 Å². The predicted octanol–water partition coefficient (Wildman–Crippen LogP) is 2.12. The monoisotopic (exact) mass is 284 g/mol. The van der Waals surface area contributed by atoms with Crippen molar-refractivity contribution in [1.82, 2.24) is 15.1 Å². The first-order chi connectivity index (χ1) is 10.1. The third kappa shape index (κ3) is 2.97. The number of benzene rings is 1. The smallest absolute Gasteiger partial charge is 0.241 e. The molecule has 0 unspecified atom stereocenters. The van der Waals surface area contributed by atoms with Crippen molar-refractivity contribution >= 4 is 11.6 Å². The summed E-state index contributed by atoms with van der Waals surface area (Å²) in [5.41, 5.74) is 3.26. The maximum atomic E-state index is 12.3. The fourth-order valence-corrected chi connectivity index (χ4v) is 2.55. The molecule has 0 spiro atoms. The maximum Gasteiger partial charge on any atom is 0.241 e. The van der Waals surface area contributed by atoms with E-state index in [1.165, 1.54) is 11.1 Å². The van der Waals surface area contributed by atoms with Gasteiger partial charge in [0.05, 0.1) is 17.9 Å². The lowest BCUT2D eigenvalue weighted by Gasteiger charge is -2.25. The van der Waals surface area contributed by atoms with Crippen LogP contribution in [0.4, 0.5) is 5.69 Å². The van der Waals surface area contributed by atoms with Gasteiger partial charge >= 0.3 is 0 Å². The number of hydrogen-bond acceptors (Lipinski definition) is 3. The Morgan fingerprint density at radius 1 is 1.38 bits per heavy atom. The van der Waals surface area contributed by atoms with E-state index in [9.17, 15) is 4.79 Å². The highest BCUT2D eigenvalue weighted by atomic mass is 16.2. The molecule has 2 heterocycles. The molecule has 110 valence electrons. The second-order valence-electron chi connectivity index (χ2n) is 5.70. The Morgan fingerprint density at radius 3 is 2.86 bits per heavy atom. The van der Waals surface area contributed by atoms with Gasteiger partial charge in [-0.2, -0.15) is 5.10 Å². The van der Waals surface area contributed by atoms with Gasteiger partial charge in [0.15, 0.2) is 0 Å². The summed E-state index contributed by atoms with van der Waals surface area (Å²) in [5, 5.41) is 10.4. The Morgan fingerprint density at radius 2 is 2.14 bits per heavy atom. The number of carbonyl (C=O) groups excluding carboxylic acids is 1. The Bertz CT molecular complexity index is 647. The van der Waals surface area contributed by atoms with Crippen LogP contribution >= 0.6 is 0 Å². The number of fused-ring (bicyclic) bond motifs is 1. The molecule has 0 radical (unpaired) electrons. The van der Waals surface area contributed by atoms with Crippen LogP contribution in [0.3, 0.4) is 0 Å². The van der Waals surface area contributed by atoms with Crippen molar-refractivity contribution in [2.24, 2.45) is 0 Å². The van der Waals surface area contributed by atoms with Gasteiger partial charge in [0, 0.05) is 18.8 Å². The van der Waals surface area contributed by atoms with Gasteiger partial charge in [-0.05, 0) is 31.4 Å². The molecular formula is C16H20N4O. The molecule has 0 aliphatic carbocycles. The molecular weight excluding hydrogens is 264 g/mol. The van der Waals surface area contributed by atoms with E-state index in [1.807, 2.05) is 23.0 Å². The minimum absolute atomic E-state index is 0.00666. The molecule has 1 aliphatic rings. The van der Waals surface area contributed by atoms with Gasteiger partial charge in [-0.25, -0.2) is 0 Å². The number of anilines is 1. The van der Waals surface area contributed by atoms with Gasteiger partial charge in [-0.1, -0.05) is 24.3 Å². The summed E-state index contributed by atoms with van der Waals surface area (Å²) in [7, 11) is 0. The zero-order chi connectivity index (χ0) is 14.8. The zero-order valence-electron chi connectivity index (χ0n) is 12.3. The second kappa shape index (κ2) is 5.69. The largest absolute Gasteiger partial charge is 0.322 e. The van der Waals surface area contributed by atoms with Crippen LogP contribution < -0.4 is 10.6 Å². The van der Waals surface area contributed by atoms with Crippen molar-refractivity contribution in [3.05, 3.63) is 47.8 Å². The minimum atomic E-state index is -0.192. The Labute approximate surface area is 124 Å². The third-order valence-corrected chi connectivity index (χ3v) is 3.80. The van der Waals surface area contributed by atoms with Gasteiger partial charge in [0.1, 0.15) is 0 Å². The molecule has 1 atom stereocenters. The Kier molecular flexibility index (Phi) is 3.75. The summed E-state index contributed by atoms with van der Waals surface area (Å²) >= 11 is 0. The van der Waals surface area contributed by atoms with Gasteiger partial charge < -0.3 is 10.6 Å². The van der Waals surface area contributed by atoms with E-state index in [4.69, 9.17) is 0 Å². The van der Waals surface area contributed by atoms with Crippen LogP contribution in [0.2, 0.25) is 0 Å². The SMILES string of the molecule is CC(C)n1cc(NC(=O)[C@@H]2Cc3ccccc3CN2)cn1. The fraction of sp³-hybridized carbons (Fsp3) is 0.375. The Balaban J connectivity index is 1.66. The lowest BCUT2D eigenvalue weighted by atomic mass is 9.95. The van der Waals surface area contributed by atoms with E-state index < -0.39 is 0 Å². The molecule has 5 nitrogen and oxygen atoms in total. The summed E-state index contributed by atoms with van der Waals surface area (Å²) < 4.78 is 1.83. The van der Waals surface area contributed by atoms with E-state index in [-0.39, 0.29) is 18.0 Å². The first kappa shape index (κ1) is 13.8. The molecule has 0 bridgehead atoms. The summed E-state index contributed by atoms with van der Waals surface area (Å²) in [6.07, 6.45) is 4.27. The third-order valence-electron chi connectivity index (χ3n) is 3.80. The quantitative estimate of drug-likeness (QED) is 0.907. The van der Waals surface area contributed by atoms with E-state index in [0.29, 0.717) is 0 Å². The number of carbonyl (C=O) groups is 1. The first-order valence-electron chi connectivity index (χ1n) is 7.28. The zero-order valence-corrected chi connectivity index (χ0v) is 12.3. The van der Waals surface area contributed by atoms with Crippen LogP contribution in [0.1, 0.15) is 31.0 Å². The van der Waals surface area contributed by atoms with E-state index in [0.717, 1.165) is 18.7 Å². The molecule has 1 aliphatic heterocycles. The molecule has 1 amide bonds. The minimum Gasteiger partial charge on any atom is -0.322 e. The van der Waals surface area contributed by atoms with E-state index >= 15 is 0 Å². The molecule has 2 aromatic rings. The second-order valence-corrected chi connectivity index (χ2v) is 5.70. The molecule has 5 heteroatoms. The van der Waals surface area contributed by atoms with Crippen LogP contribution in [0, 0.1) is 0 Å². The number of hydrogen-bond donors (Lipinski definition) is 2. The van der Waals surface area contributed by atoms with Crippen molar-refractivity contribution in [3.8, 4) is 0 Å². The van der Waals surface area contributed by atoms with Gasteiger partial charge in [0.25, 0.3) is 0 Å². The molecule has 1 aromatic heterocycles. The molecule has 0 saturated heterocycles. The highest BCUT2D eigenvalue weighted by molar-refractivity contribution is 5.95. The number of amides is 1. The summed E-state index contributed by atoms with van der Waals surface area (Å²) in [5.74, 6) is -0.00666. The highest BCUT2D eigenvalue weighted by Gasteiger charge is 2.24. The van der Waals surface area contributed by atoms with Crippen molar-refractivity contribution in [3.63, 3.8) is 0 Å². The Hall–Kier alpha value is -2.14. The molecule has 0 fully saturated rings. The molecule has 3 rings (SSSR count). The van der Waals surface area contributed by atoms with Crippen molar-refractivity contribution in [2.75, 3.05) is 5.32 Å². The molecule has 21 heavy (non-hydrogen) atoms. The predicted molar refractivity (Wildman–Crippen MR) is 82.0 cm³/mol. The first-order valence-corrected chi connectivity index (χ1v) is 7.28. The van der Waals surface area contributed by atoms with Crippen LogP contribution in [0.15, 0.2) is 36.7 Å². The summed E-state index contributed by atoms with van der Waals surface area (Å²) in [6.45, 7) is 4.84. The number of nitrogens with one attached hydrogen (secondary N) is 2. The van der Waals surface area contributed by atoms with Crippen LogP contribution in [-0.2, 0) is 17.8 Å². The van der Waals surface area contributed by atoms with Crippen LogP contribution in [0.25, 0.3) is 0 Å². The van der Waals surface area contributed by atoms with Crippen LogP contribution in [-0.4, -0.2) is 21.7 Å². The highest BCUT2D eigenvalue weighted by Crippen LogP contribution is 2.17. The summed E-state index contributed by atoms with van der Waals surface area (Å²) in [6, 6.07) is 8.33. The lowest BCUT2D eigenvalue weighted by Crippen LogP contribution is -2.44. The molecule has 1 aromatic carbocycles. The van der Waals surface area contributed by atoms with Gasteiger partial charge in [-0.15, -0.1) is 0 Å². The average molecular weight is 284 g/mol. The van der Waals surface area contributed by atoms with Gasteiger partial charge in [0.2, 0.25) is 5.91 Å². The summed E-state index contributed by atoms with van der Waals surface area (Å²) in [4.78, 5) is 12.3. The lowest BCUT2D eigenvalue weighted by molar-refractivity contribution is -0.118. The van der Waals surface area contributed by atoms with E-state index in [2.05, 4.69) is 41.7 Å². The van der Waals surface area contributed by atoms with Crippen LogP contribution in [0.5, 0.6) is 0 Å².